The zero-order chi connectivity index (χ0) is 15.8. The van der Waals surface area contributed by atoms with Crippen molar-refractivity contribution in [3.8, 4) is 0 Å². The van der Waals surface area contributed by atoms with Crippen molar-refractivity contribution in [1.29, 1.82) is 0 Å². The van der Waals surface area contributed by atoms with Crippen LogP contribution in [0.4, 0.5) is 4.39 Å². The Morgan fingerprint density at radius 2 is 1.81 bits per heavy atom. The Balaban J connectivity index is 2.58. The molecule has 0 bridgehead atoms. The van der Waals surface area contributed by atoms with Gasteiger partial charge in [-0.2, -0.15) is 0 Å². The van der Waals surface area contributed by atoms with Crippen molar-refractivity contribution in [3.63, 3.8) is 0 Å². The SMILES string of the molecule is CC(CCN)CCC(=O)NC(c1ccc(F)cc1)C(C)C. The lowest BCUT2D eigenvalue weighted by Gasteiger charge is -2.23. The lowest BCUT2D eigenvalue weighted by Crippen LogP contribution is -2.31. The van der Waals surface area contributed by atoms with E-state index in [1.54, 1.807) is 12.1 Å². The average Bonchev–Trinajstić information content (AvgIpc) is 2.44. The van der Waals surface area contributed by atoms with E-state index in [-0.39, 0.29) is 23.7 Å². The van der Waals surface area contributed by atoms with Crippen LogP contribution in [0.1, 0.15) is 51.6 Å². The standard InChI is InChI=1S/C17H27FN2O/c1-12(2)17(14-5-7-15(18)8-6-14)20-16(21)9-4-13(3)10-11-19/h5-8,12-13,17H,4,9-11,19H2,1-3H3,(H,20,21). The molecule has 0 aliphatic rings. The van der Waals surface area contributed by atoms with Gasteiger partial charge in [-0.15, -0.1) is 0 Å². The van der Waals surface area contributed by atoms with Crippen molar-refractivity contribution in [1.82, 2.24) is 5.32 Å². The molecular formula is C17H27FN2O. The maximum atomic E-state index is 13.0. The normalized spacial score (nSPS) is 14.0. The third-order valence-electron chi connectivity index (χ3n) is 3.74. The van der Waals surface area contributed by atoms with Crippen molar-refractivity contribution in [2.45, 2.75) is 46.1 Å². The Morgan fingerprint density at radius 3 is 2.33 bits per heavy atom. The zero-order valence-electron chi connectivity index (χ0n) is 13.2. The summed E-state index contributed by atoms with van der Waals surface area (Å²) in [5.41, 5.74) is 6.45. The van der Waals surface area contributed by atoms with Gasteiger partial charge >= 0.3 is 0 Å². The van der Waals surface area contributed by atoms with Crippen LogP contribution in [0.25, 0.3) is 0 Å². The van der Waals surface area contributed by atoms with Crippen LogP contribution in [0.3, 0.4) is 0 Å². The van der Waals surface area contributed by atoms with Crippen LogP contribution in [-0.2, 0) is 4.79 Å². The molecule has 1 amide bonds. The van der Waals surface area contributed by atoms with Gasteiger partial charge in [0, 0.05) is 6.42 Å². The monoisotopic (exact) mass is 294 g/mol. The van der Waals surface area contributed by atoms with Crippen LogP contribution in [0.15, 0.2) is 24.3 Å². The number of hydrogen-bond acceptors (Lipinski definition) is 2. The second-order valence-corrected chi connectivity index (χ2v) is 6.06. The number of carbonyl (C=O) groups excluding carboxylic acids is 1. The highest BCUT2D eigenvalue weighted by atomic mass is 19.1. The van der Waals surface area contributed by atoms with Gasteiger partial charge in [-0.05, 0) is 48.9 Å². The topological polar surface area (TPSA) is 55.1 Å². The number of carbonyl (C=O) groups is 1. The molecule has 0 fully saturated rings. The summed E-state index contributed by atoms with van der Waals surface area (Å²) < 4.78 is 13.0. The molecule has 0 saturated carbocycles. The summed E-state index contributed by atoms with van der Waals surface area (Å²) in [4.78, 5) is 12.1. The van der Waals surface area contributed by atoms with E-state index in [0.29, 0.717) is 18.9 Å². The number of nitrogens with one attached hydrogen (secondary N) is 1. The van der Waals surface area contributed by atoms with Crippen LogP contribution >= 0.6 is 0 Å². The summed E-state index contributed by atoms with van der Waals surface area (Å²) in [5, 5.41) is 3.06. The fourth-order valence-electron chi connectivity index (χ4n) is 2.36. The summed E-state index contributed by atoms with van der Waals surface area (Å²) in [6, 6.07) is 6.25. The summed E-state index contributed by atoms with van der Waals surface area (Å²) >= 11 is 0. The molecular weight excluding hydrogens is 267 g/mol. The van der Waals surface area contributed by atoms with Crippen molar-refractivity contribution < 1.29 is 9.18 Å². The first kappa shape index (κ1) is 17.6. The van der Waals surface area contributed by atoms with Gasteiger partial charge in [-0.3, -0.25) is 4.79 Å². The predicted molar refractivity (Wildman–Crippen MR) is 84.2 cm³/mol. The van der Waals surface area contributed by atoms with Crippen LogP contribution in [-0.4, -0.2) is 12.5 Å². The molecule has 2 unspecified atom stereocenters. The summed E-state index contributed by atoms with van der Waals surface area (Å²) in [6.45, 7) is 6.86. The lowest BCUT2D eigenvalue weighted by atomic mass is 9.95. The molecule has 0 heterocycles. The van der Waals surface area contributed by atoms with Gasteiger partial charge in [0.15, 0.2) is 0 Å². The van der Waals surface area contributed by atoms with Gasteiger partial charge in [0.05, 0.1) is 6.04 Å². The van der Waals surface area contributed by atoms with Crippen molar-refractivity contribution in [2.75, 3.05) is 6.54 Å². The zero-order valence-corrected chi connectivity index (χ0v) is 13.2. The minimum Gasteiger partial charge on any atom is -0.349 e. The van der Waals surface area contributed by atoms with E-state index in [9.17, 15) is 9.18 Å². The van der Waals surface area contributed by atoms with E-state index in [4.69, 9.17) is 5.73 Å². The van der Waals surface area contributed by atoms with E-state index in [2.05, 4.69) is 12.2 Å². The molecule has 4 heteroatoms. The number of benzene rings is 1. The molecule has 21 heavy (non-hydrogen) atoms. The molecule has 0 aliphatic carbocycles. The molecule has 0 radical (unpaired) electrons. The quantitative estimate of drug-likeness (QED) is 0.772. The number of amides is 1. The van der Waals surface area contributed by atoms with E-state index < -0.39 is 0 Å². The van der Waals surface area contributed by atoms with Crippen LogP contribution < -0.4 is 11.1 Å². The minimum atomic E-state index is -0.261. The van der Waals surface area contributed by atoms with Crippen molar-refractivity contribution in [3.05, 3.63) is 35.6 Å². The molecule has 0 saturated heterocycles. The van der Waals surface area contributed by atoms with Gasteiger partial charge in [0.2, 0.25) is 5.91 Å². The van der Waals surface area contributed by atoms with Gasteiger partial charge in [-0.25, -0.2) is 4.39 Å². The fraction of sp³-hybridized carbons (Fsp3) is 0.588. The van der Waals surface area contributed by atoms with Crippen LogP contribution in [0.2, 0.25) is 0 Å². The van der Waals surface area contributed by atoms with E-state index in [0.717, 1.165) is 18.4 Å². The Kier molecular flexibility index (Phi) is 7.37. The molecule has 2 atom stereocenters. The Bertz CT molecular complexity index is 431. The summed E-state index contributed by atoms with van der Waals surface area (Å²) in [7, 11) is 0. The highest BCUT2D eigenvalue weighted by Gasteiger charge is 2.18. The molecule has 3 N–H and O–H groups in total. The highest BCUT2D eigenvalue weighted by Crippen LogP contribution is 2.22. The molecule has 1 aromatic rings. The van der Waals surface area contributed by atoms with Gasteiger partial charge in [0.25, 0.3) is 0 Å². The summed E-state index contributed by atoms with van der Waals surface area (Å²) in [6.07, 6.45) is 2.29. The lowest BCUT2D eigenvalue weighted by molar-refractivity contribution is -0.122. The third kappa shape index (κ3) is 6.25. The van der Waals surface area contributed by atoms with Crippen molar-refractivity contribution in [2.24, 2.45) is 17.6 Å². The van der Waals surface area contributed by atoms with Gasteiger partial charge < -0.3 is 11.1 Å². The molecule has 118 valence electrons. The van der Waals surface area contributed by atoms with Gasteiger partial charge in [0.1, 0.15) is 5.82 Å². The molecule has 3 nitrogen and oxygen atoms in total. The minimum absolute atomic E-state index is 0.0434. The second kappa shape index (κ2) is 8.78. The highest BCUT2D eigenvalue weighted by molar-refractivity contribution is 5.76. The smallest absolute Gasteiger partial charge is 0.220 e. The first-order valence-electron chi connectivity index (χ1n) is 7.69. The molecule has 1 aromatic carbocycles. The second-order valence-electron chi connectivity index (χ2n) is 6.06. The van der Waals surface area contributed by atoms with Crippen LogP contribution in [0.5, 0.6) is 0 Å². The first-order chi connectivity index (χ1) is 9.93. The Hall–Kier alpha value is -1.42. The largest absolute Gasteiger partial charge is 0.349 e. The number of hydrogen-bond donors (Lipinski definition) is 2. The Morgan fingerprint density at radius 1 is 1.19 bits per heavy atom. The first-order valence-corrected chi connectivity index (χ1v) is 7.69. The maximum Gasteiger partial charge on any atom is 0.220 e. The van der Waals surface area contributed by atoms with Crippen LogP contribution in [0, 0.1) is 17.7 Å². The van der Waals surface area contributed by atoms with E-state index in [1.807, 2.05) is 13.8 Å². The molecule has 0 spiro atoms. The summed E-state index contributed by atoms with van der Waals surface area (Å²) in [5.74, 6) is 0.495. The fourth-order valence-corrected chi connectivity index (χ4v) is 2.36. The predicted octanol–water partition coefficient (Wildman–Crippen LogP) is 3.40. The molecule has 0 aliphatic heterocycles. The average molecular weight is 294 g/mol. The third-order valence-corrected chi connectivity index (χ3v) is 3.74. The van der Waals surface area contributed by atoms with Gasteiger partial charge in [-0.1, -0.05) is 32.9 Å². The number of rotatable bonds is 8. The molecule has 1 rings (SSSR count). The molecule has 0 aromatic heterocycles. The number of halogens is 1. The van der Waals surface area contributed by atoms with E-state index >= 15 is 0 Å². The Labute approximate surface area is 127 Å². The van der Waals surface area contributed by atoms with E-state index in [1.165, 1.54) is 12.1 Å². The number of nitrogens with two attached hydrogens (primary N) is 1. The maximum absolute atomic E-state index is 13.0. The van der Waals surface area contributed by atoms with Crippen molar-refractivity contribution >= 4 is 5.91 Å².